The Bertz CT molecular complexity index is 1530. The number of carbonyl (C=O) groups is 2. The lowest BCUT2D eigenvalue weighted by Gasteiger charge is -2.29. The number of amides is 2. The van der Waals surface area contributed by atoms with Gasteiger partial charge in [-0.15, -0.1) is 0 Å². The third kappa shape index (κ3) is 5.58. The normalized spacial score (nSPS) is 14.5. The number of rotatable bonds is 7. The summed E-state index contributed by atoms with van der Waals surface area (Å²) in [7, 11) is 1.39. The highest BCUT2D eigenvalue weighted by Crippen LogP contribution is 2.38. The number of hydrogen-bond donors (Lipinski definition) is 1. The third-order valence-electron chi connectivity index (χ3n) is 5.34. The van der Waals surface area contributed by atoms with Gasteiger partial charge in [0.2, 0.25) is 0 Å². The number of anilines is 1. The lowest BCUT2D eigenvalue weighted by molar-refractivity contribution is -0.384. The molecule has 0 atom stereocenters. The number of non-ortho nitro benzene ring substituents is 1. The monoisotopic (exact) mass is 591 g/mol. The summed E-state index contributed by atoms with van der Waals surface area (Å²) >= 11 is 24.0. The number of carbonyl (C=O) groups excluding carboxylic acids is 2. The molecule has 1 saturated heterocycles. The highest BCUT2D eigenvalue weighted by atomic mass is 35.5. The molecule has 1 N–H and O–H groups in total. The quantitative estimate of drug-likeness (QED) is 0.118. The molecule has 4 rings (SSSR count). The van der Waals surface area contributed by atoms with E-state index in [0.717, 1.165) is 4.90 Å². The van der Waals surface area contributed by atoms with Crippen LogP contribution in [0.25, 0.3) is 6.08 Å². The zero-order valence-electron chi connectivity index (χ0n) is 19.4. The zero-order valence-corrected chi connectivity index (χ0v) is 22.5. The predicted molar refractivity (Wildman–Crippen MR) is 148 cm³/mol. The predicted octanol–water partition coefficient (Wildman–Crippen LogP) is 5.97. The molecule has 2 amide bonds. The van der Waals surface area contributed by atoms with Gasteiger partial charge >= 0.3 is 0 Å². The van der Waals surface area contributed by atoms with Crippen LogP contribution in [0.2, 0.25) is 15.1 Å². The summed E-state index contributed by atoms with van der Waals surface area (Å²) in [5.41, 5.74) is 0.800. The Labute approximate surface area is 236 Å². The van der Waals surface area contributed by atoms with Crippen LogP contribution in [0.1, 0.15) is 11.1 Å². The molecular formula is C25H16Cl3N3O6S. The number of nitrogens with zero attached hydrogens (tertiary/aromatic N) is 2. The van der Waals surface area contributed by atoms with Crippen molar-refractivity contribution >= 4 is 81.4 Å². The standard InChI is InChI=1S/C25H16Cl3N3O6S/c1-36-20-11-14(10-18(27)22(20)37-12-13-4-2-5-15(8-13)31(34)35)9-16-23(32)29-25(38)30(24(16)33)19-7-3-6-17(26)21(19)28/h2-11H,12H2,1H3,(H,29,32,38)/b16-9+. The van der Waals surface area contributed by atoms with E-state index in [-0.39, 0.29) is 55.2 Å². The molecule has 1 aliphatic heterocycles. The van der Waals surface area contributed by atoms with E-state index in [1.165, 1.54) is 37.5 Å². The summed E-state index contributed by atoms with van der Waals surface area (Å²) in [5.74, 6) is -1.04. The fourth-order valence-corrected chi connectivity index (χ4v) is 4.51. The number of methoxy groups -OCH3 is 1. The van der Waals surface area contributed by atoms with Gasteiger partial charge in [-0.05, 0) is 53.7 Å². The largest absolute Gasteiger partial charge is 0.493 e. The molecule has 13 heteroatoms. The van der Waals surface area contributed by atoms with Gasteiger partial charge in [0.1, 0.15) is 12.2 Å². The fraction of sp³-hybridized carbons (Fsp3) is 0.0800. The van der Waals surface area contributed by atoms with Crippen molar-refractivity contribution in [2.45, 2.75) is 6.61 Å². The highest BCUT2D eigenvalue weighted by molar-refractivity contribution is 7.80. The van der Waals surface area contributed by atoms with Gasteiger partial charge in [-0.2, -0.15) is 0 Å². The van der Waals surface area contributed by atoms with Crippen LogP contribution in [0, 0.1) is 10.1 Å². The maximum absolute atomic E-state index is 13.3. The molecular weight excluding hydrogens is 577 g/mol. The molecule has 0 aliphatic carbocycles. The van der Waals surface area contributed by atoms with Crippen LogP contribution in [0.5, 0.6) is 11.5 Å². The van der Waals surface area contributed by atoms with Crippen LogP contribution in [0.3, 0.4) is 0 Å². The van der Waals surface area contributed by atoms with Crippen LogP contribution in [-0.2, 0) is 16.2 Å². The number of nitro groups is 1. The van der Waals surface area contributed by atoms with Crippen molar-refractivity contribution in [1.29, 1.82) is 0 Å². The third-order valence-corrected chi connectivity index (χ3v) is 6.72. The van der Waals surface area contributed by atoms with E-state index in [9.17, 15) is 19.7 Å². The molecule has 1 fully saturated rings. The van der Waals surface area contributed by atoms with Gasteiger partial charge < -0.3 is 9.47 Å². The lowest BCUT2D eigenvalue weighted by atomic mass is 10.1. The number of hydrogen-bond acceptors (Lipinski definition) is 7. The summed E-state index contributed by atoms with van der Waals surface area (Å²) < 4.78 is 11.2. The molecule has 194 valence electrons. The summed E-state index contributed by atoms with van der Waals surface area (Å²) in [6.07, 6.45) is 1.32. The van der Waals surface area contributed by atoms with Crippen LogP contribution in [-0.4, -0.2) is 29.0 Å². The second-order valence-electron chi connectivity index (χ2n) is 7.78. The van der Waals surface area contributed by atoms with E-state index in [1.54, 1.807) is 30.3 Å². The summed E-state index contributed by atoms with van der Waals surface area (Å²) in [5, 5.41) is 13.8. The van der Waals surface area contributed by atoms with Gasteiger partial charge in [0.25, 0.3) is 17.5 Å². The highest BCUT2D eigenvalue weighted by Gasteiger charge is 2.35. The number of ether oxygens (including phenoxy) is 2. The van der Waals surface area contributed by atoms with E-state index in [4.69, 9.17) is 56.5 Å². The first-order chi connectivity index (χ1) is 18.1. The Balaban J connectivity index is 1.65. The molecule has 0 bridgehead atoms. The second kappa shape index (κ2) is 11.4. The van der Waals surface area contributed by atoms with Crippen molar-refractivity contribution < 1.29 is 24.0 Å². The van der Waals surface area contributed by atoms with Crippen molar-refractivity contribution in [2.75, 3.05) is 12.0 Å². The first-order valence-corrected chi connectivity index (χ1v) is 12.2. The van der Waals surface area contributed by atoms with E-state index in [1.807, 2.05) is 0 Å². The molecule has 9 nitrogen and oxygen atoms in total. The molecule has 0 aromatic heterocycles. The van der Waals surface area contributed by atoms with Crippen LogP contribution >= 0.6 is 47.0 Å². The molecule has 3 aromatic carbocycles. The number of halogens is 3. The molecule has 0 radical (unpaired) electrons. The summed E-state index contributed by atoms with van der Waals surface area (Å²) in [6.45, 7) is -0.0219. The van der Waals surface area contributed by atoms with Crippen molar-refractivity contribution in [3.8, 4) is 11.5 Å². The molecule has 3 aromatic rings. The van der Waals surface area contributed by atoms with Gasteiger partial charge in [-0.1, -0.05) is 53.0 Å². The smallest absolute Gasteiger partial charge is 0.270 e. The van der Waals surface area contributed by atoms with Crippen LogP contribution in [0.15, 0.2) is 60.2 Å². The second-order valence-corrected chi connectivity index (χ2v) is 9.36. The summed E-state index contributed by atoms with van der Waals surface area (Å²) in [4.78, 5) is 37.6. The summed E-state index contributed by atoms with van der Waals surface area (Å²) in [6, 6.07) is 13.7. The SMILES string of the molecule is COc1cc(/C=C2\C(=O)NC(=S)N(c3cccc(Cl)c3Cl)C2=O)cc(Cl)c1OCc1cccc([N+](=O)[O-])c1. The maximum atomic E-state index is 13.3. The zero-order chi connectivity index (χ0) is 27.6. The lowest BCUT2D eigenvalue weighted by Crippen LogP contribution is -2.54. The Morgan fingerprint density at radius 2 is 1.82 bits per heavy atom. The Morgan fingerprint density at radius 1 is 1.08 bits per heavy atom. The molecule has 1 heterocycles. The van der Waals surface area contributed by atoms with E-state index >= 15 is 0 Å². The number of benzene rings is 3. The van der Waals surface area contributed by atoms with E-state index in [0.29, 0.717) is 11.1 Å². The minimum atomic E-state index is -0.719. The number of nitro benzene ring substituents is 1. The Kier molecular flexibility index (Phi) is 8.17. The minimum Gasteiger partial charge on any atom is -0.493 e. The molecule has 1 aliphatic rings. The first kappa shape index (κ1) is 27.3. The molecule has 0 saturated carbocycles. The Morgan fingerprint density at radius 3 is 2.53 bits per heavy atom. The molecule has 0 spiro atoms. The molecule has 38 heavy (non-hydrogen) atoms. The van der Waals surface area contributed by atoms with Gasteiger partial charge in [0, 0.05) is 12.1 Å². The van der Waals surface area contributed by atoms with E-state index in [2.05, 4.69) is 5.32 Å². The van der Waals surface area contributed by atoms with Crippen molar-refractivity contribution in [1.82, 2.24) is 5.32 Å². The average Bonchev–Trinajstić information content (AvgIpc) is 2.88. The first-order valence-electron chi connectivity index (χ1n) is 10.7. The number of thiocarbonyl (C=S) groups is 1. The van der Waals surface area contributed by atoms with Gasteiger partial charge in [0.15, 0.2) is 16.6 Å². The fourth-order valence-electron chi connectivity index (χ4n) is 3.59. The van der Waals surface area contributed by atoms with Crippen LogP contribution < -0.4 is 19.7 Å². The number of nitrogens with one attached hydrogen (secondary N) is 1. The average molecular weight is 593 g/mol. The Hall–Kier alpha value is -3.70. The topological polar surface area (TPSA) is 111 Å². The van der Waals surface area contributed by atoms with Crippen molar-refractivity contribution in [3.05, 3.63) is 96.5 Å². The molecule has 0 unspecified atom stereocenters. The van der Waals surface area contributed by atoms with Crippen LogP contribution in [0.4, 0.5) is 11.4 Å². The van der Waals surface area contributed by atoms with Gasteiger partial charge in [-0.25, -0.2) is 0 Å². The van der Waals surface area contributed by atoms with Gasteiger partial charge in [-0.3, -0.25) is 29.9 Å². The minimum absolute atomic E-state index is 0.0219. The van der Waals surface area contributed by atoms with Crippen molar-refractivity contribution in [2.24, 2.45) is 0 Å². The van der Waals surface area contributed by atoms with Gasteiger partial charge in [0.05, 0.1) is 32.8 Å². The van der Waals surface area contributed by atoms with Crippen molar-refractivity contribution in [3.63, 3.8) is 0 Å². The van der Waals surface area contributed by atoms with E-state index < -0.39 is 16.7 Å². The maximum Gasteiger partial charge on any atom is 0.270 e.